The number of aromatic amines is 1. The van der Waals surface area contributed by atoms with Gasteiger partial charge in [0.15, 0.2) is 0 Å². The minimum absolute atomic E-state index is 0.0496. The summed E-state index contributed by atoms with van der Waals surface area (Å²) in [7, 11) is 0. The Morgan fingerprint density at radius 2 is 2.05 bits per heavy atom. The Hall–Kier alpha value is -2.14. The molecule has 1 aliphatic heterocycles. The van der Waals surface area contributed by atoms with Crippen LogP contribution in [0.1, 0.15) is 18.5 Å². The van der Waals surface area contributed by atoms with Crippen molar-refractivity contribution in [1.29, 1.82) is 0 Å². The Morgan fingerprint density at radius 1 is 1.24 bits per heavy atom. The molecule has 0 atom stereocenters. The minimum atomic E-state index is -0.0496. The maximum atomic E-state index is 12.1. The summed E-state index contributed by atoms with van der Waals surface area (Å²) in [6.07, 6.45) is 3.38. The summed E-state index contributed by atoms with van der Waals surface area (Å²) >= 11 is 0. The van der Waals surface area contributed by atoms with E-state index in [9.17, 15) is 4.79 Å². The molecule has 5 heteroatoms. The predicted octanol–water partition coefficient (Wildman–Crippen LogP) is 1.72. The third-order valence-corrected chi connectivity index (χ3v) is 4.33. The highest BCUT2D eigenvalue weighted by atomic mass is 16.1. The van der Waals surface area contributed by atoms with Crippen LogP contribution in [0.3, 0.4) is 0 Å². The van der Waals surface area contributed by atoms with E-state index in [1.807, 2.05) is 34.8 Å². The molecule has 0 spiro atoms. The molecule has 4 rings (SSSR count). The molecule has 0 radical (unpaired) electrons. The summed E-state index contributed by atoms with van der Waals surface area (Å²) in [4.78, 5) is 15.0. The lowest BCUT2D eigenvalue weighted by molar-refractivity contribution is 0.370. The molecule has 2 aromatic heterocycles. The number of hydrogen-bond donors (Lipinski definition) is 2. The molecule has 21 heavy (non-hydrogen) atoms. The number of piperidine rings is 1. The highest BCUT2D eigenvalue weighted by Gasteiger charge is 2.16. The van der Waals surface area contributed by atoms with Crippen LogP contribution in [-0.4, -0.2) is 27.7 Å². The fraction of sp³-hybridized carbons (Fsp3) is 0.375. The first kappa shape index (κ1) is 12.6. The van der Waals surface area contributed by atoms with E-state index in [1.54, 1.807) is 0 Å². The summed E-state index contributed by atoms with van der Waals surface area (Å²) in [5, 5.41) is 8.77. The largest absolute Gasteiger partial charge is 0.317 e. The lowest BCUT2D eigenvalue weighted by Crippen LogP contribution is -2.28. The van der Waals surface area contributed by atoms with Gasteiger partial charge in [-0.1, -0.05) is 12.1 Å². The molecule has 0 saturated carbocycles. The van der Waals surface area contributed by atoms with Gasteiger partial charge in [0.25, 0.3) is 5.56 Å². The smallest absolute Gasteiger partial charge is 0.259 e. The van der Waals surface area contributed by atoms with Crippen LogP contribution < -0.4 is 10.9 Å². The number of fused-ring (bicyclic) bond motifs is 3. The number of rotatable bonds is 2. The zero-order valence-electron chi connectivity index (χ0n) is 11.8. The van der Waals surface area contributed by atoms with E-state index in [2.05, 4.69) is 10.3 Å². The molecule has 1 saturated heterocycles. The molecule has 1 fully saturated rings. The molecular formula is C16H18N4O. The van der Waals surface area contributed by atoms with Crippen molar-refractivity contribution in [1.82, 2.24) is 19.9 Å². The maximum absolute atomic E-state index is 12.1. The summed E-state index contributed by atoms with van der Waals surface area (Å²) in [6.45, 7) is 2.19. The van der Waals surface area contributed by atoms with Gasteiger partial charge in [0.2, 0.25) is 0 Å². The summed E-state index contributed by atoms with van der Waals surface area (Å²) in [5.74, 6) is 0.689. The second-order valence-electron chi connectivity index (χ2n) is 5.80. The maximum Gasteiger partial charge on any atom is 0.259 e. The van der Waals surface area contributed by atoms with Crippen molar-refractivity contribution in [2.45, 2.75) is 19.3 Å². The van der Waals surface area contributed by atoms with Gasteiger partial charge in [0, 0.05) is 6.07 Å². The van der Waals surface area contributed by atoms with Crippen LogP contribution in [0, 0.1) is 5.92 Å². The zero-order chi connectivity index (χ0) is 14.2. The average molecular weight is 282 g/mol. The number of nitrogens with one attached hydrogen (secondary N) is 2. The molecule has 1 aromatic carbocycles. The van der Waals surface area contributed by atoms with Gasteiger partial charge in [-0.05, 0) is 50.4 Å². The SMILES string of the molecule is O=c1[nH]c2cc(CC3CCNCC3)nn2c2ccccc12. The zero-order valence-corrected chi connectivity index (χ0v) is 11.8. The number of aromatic nitrogens is 3. The second-order valence-corrected chi connectivity index (χ2v) is 5.80. The molecule has 2 N–H and O–H groups in total. The van der Waals surface area contributed by atoms with Gasteiger partial charge in [-0.25, -0.2) is 4.52 Å². The van der Waals surface area contributed by atoms with Gasteiger partial charge in [0.05, 0.1) is 16.6 Å². The average Bonchev–Trinajstić information content (AvgIpc) is 2.91. The van der Waals surface area contributed by atoms with Crippen molar-refractivity contribution < 1.29 is 0 Å². The molecule has 1 aliphatic rings. The normalized spacial score (nSPS) is 16.8. The van der Waals surface area contributed by atoms with Crippen molar-refractivity contribution in [3.05, 3.63) is 46.4 Å². The second kappa shape index (κ2) is 5.00. The fourth-order valence-corrected chi connectivity index (χ4v) is 3.22. The van der Waals surface area contributed by atoms with E-state index < -0.39 is 0 Å². The number of nitrogens with zero attached hydrogens (tertiary/aromatic N) is 2. The Morgan fingerprint density at radius 3 is 2.90 bits per heavy atom. The van der Waals surface area contributed by atoms with E-state index in [0.717, 1.165) is 36.4 Å². The molecule has 0 unspecified atom stereocenters. The van der Waals surface area contributed by atoms with Crippen LogP contribution >= 0.6 is 0 Å². The van der Waals surface area contributed by atoms with Gasteiger partial charge < -0.3 is 10.3 Å². The molecular weight excluding hydrogens is 264 g/mol. The predicted molar refractivity (Wildman–Crippen MR) is 82.6 cm³/mol. The monoisotopic (exact) mass is 282 g/mol. The number of para-hydroxylation sites is 1. The van der Waals surface area contributed by atoms with Crippen LogP contribution in [0.5, 0.6) is 0 Å². The van der Waals surface area contributed by atoms with Crippen LogP contribution in [0.25, 0.3) is 16.6 Å². The highest BCUT2D eigenvalue weighted by molar-refractivity contribution is 5.79. The quantitative estimate of drug-likeness (QED) is 0.752. The van der Waals surface area contributed by atoms with Gasteiger partial charge in [-0.15, -0.1) is 0 Å². The van der Waals surface area contributed by atoms with E-state index in [0.29, 0.717) is 11.3 Å². The molecule has 0 bridgehead atoms. The van der Waals surface area contributed by atoms with Crippen LogP contribution in [0.4, 0.5) is 0 Å². The Bertz CT molecular complexity index is 842. The standard InChI is InChI=1S/C16H18N4O/c21-16-13-3-1-2-4-14(13)20-15(18-16)10-12(19-20)9-11-5-7-17-8-6-11/h1-4,10-11,17H,5-9H2,(H,18,21). The van der Waals surface area contributed by atoms with Crippen molar-refractivity contribution in [3.8, 4) is 0 Å². The van der Waals surface area contributed by atoms with E-state index >= 15 is 0 Å². The Balaban J connectivity index is 1.78. The molecule has 0 amide bonds. The van der Waals surface area contributed by atoms with E-state index in [4.69, 9.17) is 5.10 Å². The van der Waals surface area contributed by atoms with Crippen LogP contribution in [0.15, 0.2) is 35.1 Å². The lowest BCUT2D eigenvalue weighted by Gasteiger charge is -2.21. The molecule has 3 aromatic rings. The minimum Gasteiger partial charge on any atom is -0.317 e. The molecule has 0 aliphatic carbocycles. The molecule has 5 nitrogen and oxygen atoms in total. The number of H-pyrrole nitrogens is 1. The lowest BCUT2D eigenvalue weighted by atomic mass is 9.93. The summed E-state index contributed by atoms with van der Waals surface area (Å²) in [6, 6.07) is 9.61. The van der Waals surface area contributed by atoms with Crippen LogP contribution in [0.2, 0.25) is 0 Å². The third-order valence-electron chi connectivity index (χ3n) is 4.33. The van der Waals surface area contributed by atoms with Gasteiger partial charge in [-0.3, -0.25) is 4.79 Å². The highest BCUT2D eigenvalue weighted by Crippen LogP contribution is 2.19. The van der Waals surface area contributed by atoms with Gasteiger partial charge >= 0.3 is 0 Å². The summed E-state index contributed by atoms with van der Waals surface area (Å²) < 4.78 is 1.85. The van der Waals surface area contributed by atoms with Crippen molar-refractivity contribution in [2.75, 3.05) is 13.1 Å². The number of hydrogen-bond acceptors (Lipinski definition) is 3. The third kappa shape index (κ3) is 2.23. The van der Waals surface area contributed by atoms with Gasteiger partial charge in [0.1, 0.15) is 5.65 Å². The van der Waals surface area contributed by atoms with Crippen molar-refractivity contribution >= 4 is 16.6 Å². The van der Waals surface area contributed by atoms with E-state index in [1.165, 1.54) is 12.8 Å². The Labute approximate surface area is 122 Å². The first-order chi connectivity index (χ1) is 10.3. The van der Waals surface area contributed by atoms with Crippen LogP contribution in [-0.2, 0) is 6.42 Å². The fourth-order valence-electron chi connectivity index (χ4n) is 3.22. The Kier molecular flexibility index (Phi) is 3.00. The summed E-state index contributed by atoms with van der Waals surface area (Å²) in [5.41, 5.74) is 2.66. The number of benzene rings is 1. The molecule has 3 heterocycles. The molecule has 108 valence electrons. The van der Waals surface area contributed by atoms with E-state index in [-0.39, 0.29) is 5.56 Å². The topological polar surface area (TPSA) is 62.2 Å². The first-order valence-corrected chi connectivity index (χ1v) is 7.52. The van der Waals surface area contributed by atoms with Gasteiger partial charge in [-0.2, -0.15) is 5.10 Å². The van der Waals surface area contributed by atoms with Crippen molar-refractivity contribution in [2.24, 2.45) is 5.92 Å². The first-order valence-electron chi connectivity index (χ1n) is 7.52. The van der Waals surface area contributed by atoms with Crippen molar-refractivity contribution in [3.63, 3.8) is 0 Å².